The van der Waals surface area contributed by atoms with Gasteiger partial charge in [-0.3, -0.25) is 4.90 Å². The van der Waals surface area contributed by atoms with E-state index in [-0.39, 0.29) is 5.97 Å². The SMILES string of the molecule is CCCN(CC=C(CC)C(=O)OC)C1CC1. The van der Waals surface area contributed by atoms with Gasteiger partial charge < -0.3 is 4.74 Å². The maximum absolute atomic E-state index is 11.4. The third kappa shape index (κ3) is 3.97. The summed E-state index contributed by atoms with van der Waals surface area (Å²) in [6.45, 7) is 6.19. The van der Waals surface area contributed by atoms with Gasteiger partial charge in [0.15, 0.2) is 0 Å². The molecule has 0 N–H and O–H groups in total. The van der Waals surface area contributed by atoms with Gasteiger partial charge >= 0.3 is 5.97 Å². The average Bonchev–Trinajstić information content (AvgIpc) is 3.11. The monoisotopic (exact) mass is 225 g/mol. The molecule has 0 aliphatic heterocycles. The molecule has 1 rings (SSSR count). The molecular formula is C13H23NO2. The van der Waals surface area contributed by atoms with E-state index in [2.05, 4.69) is 11.8 Å². The normalized spacial score (nSPS) is 16.6. The van der Waals surface area contributed by atoms with Crippen LogP contribution in [0.15, 0.2) is 11.6 Å². The Kier molecular flexibility index (Phi) is 5.53. The van der Waals surface area contributed by atoms with Crippen LogP contribution < -0.4 is 0 Å². The Morgan fingerprint density at radius 2 is 2.12 bits per heavy atom. The van der Waals surface area contributed by atoms with Gasteiger partial charge in [0.1, 0.15) is 0 Å². The zero-order chi connectivity index (χ0) is 12.0. The van der Waals surface area contributed by atoms with Crippen molar-refractivity contribution in [2.24, 2.45) is 0 Å². The Bertz CT molecular complexity index is 257. The van der Waals surface area contributed by atoms with Crippen LogP contribution in [0.3, 0.4) is 0 Å². The summed E-state index contributed by atoms with van der Waals surface area (Å²) in [5.41, 5.74) is 0.796. The van der Waals surface area contributed by atoms with Crippen molar-refractivity contribution >= 4 is 5.97 Å². The highest BCUT2D eigenvalue weighted by Crippen LogP contribution is 2.26. The van der Waals surface area contributed by atoms with Gasteiger partial charge in [-0.2, -0.15) is 0 Å². The van der Waals surface area contributed by atoms with E-state index >= 15 is 0 Å². The Hall–Kier alpha value is -0.830. The van der Waals surface area contributed by atoms with Crippen molar-refractivity contribution in [1.82, 2.24) is 4.90 Å². The van der Waals surface area contributed by atoms with Gasteiger partial charge in [0.2, 0.25) is 0 Å². The lowest BCUT2D eigenvalue weighted by Gasteiger charge is -2.19. The summed E-state index contributed by atoms with van der Waals surface area (Å²) in [5.74, 6) is -0.185. The van der Waals surface area contributed by atoms with E-state index in [0.717, 1.165) is 31.1 Å². The quantitative estimate of drug-likeness (QED) is 0.492. The van der Waals surface area contributed by atoms with Crippen molar-refractivity contribution in [2.45, 2.75) is 45.6 Å². The van der Waals surface area contributed by atoms with Crippen molar-refractivity contribution in [2.75, 3.05) is 20.2 Å². The highest BCUT2D eigenvalue weighted by molar-refractivity contribution is 5.88. The molecule has 3 nitrogen and oxygen atoms in total. The highest BCUT2D eigenvalue weighted by Gasteiger charge is 2.27. The first-order valence-electron chi connectivity index (χ1n) is 6.24. The topological polar surface area (TPSA) is 29.5 Å². The fraction of sp³-hybridized carbons (Fsp3) is 0.769. The van der Waals surface area contributed by atoms with Gasteiger partial charge in [-0.15, -0.1) is 0 Å². The Balaban J connectivity index is 2.49. The number of methoxy groups -OCH3 is 1. The van der Waals surface area contributed by atoms with Gasteiger partial charge in [-0.05, 0) is 32.2 Å². The van der Waals surface area contributed by atoms with Crippen molar-refractivity contribution in [3.05, 3.63) is 11.6 Å². The van der Waals surface area contributed by atoms with Crippen molar-refractivity contribution in [3.63, 3.8) is 0 Å². The minimum Gasteiger partial charge on any atom is -0.466 e. The van der Waals surface area contributed by atoms with Crippen LogP contribution >= 0.6 is 0 Å². The Labute approximate surface area is 98.5 Å². The van der Waals surface area contributed by atoms with Gasteiger partial charge in [-0.1, -0.05) is 19.9 Å². The summed E-state index contributed by atoms with van der Waals surface area (Å²) < 4.78 is 4.75. The summed E-state index contributed by atoms with van der Waals surface area (Å²) in [7, 11) is 1.44. The summed E-state index contributed by atoms with van der Waals surface area (Å²) in [5, 5.41) is 0. The molecule has 1 aliphatic carbocycles. The van der Waals surface area contributed by atoms with Crippen LogP contribution in [0.4, 0.5) is 0 Å². The summed E-state index contributed by atoms with van der Waals surface area (Å²) >= 11 is 0. The Morgan fingerprint density at radius 1 is 1.44 bits per heavy atom. The fourth-order valence-corrected chi connectivity index (χ4v) is 1.88. The van der Waals surface area contributed by atoms with E-state index in [1.807, 2.05) is 13.0 Å². The molecule has 0 aromatic rings. The maximum Gasteiger partial charge on any atom is 0.333 e. The molecule has 16 heavy (non-hydrogen) atoms. The molecular weight excluding hydrogens is 202 g/mol. The number of carbonyl (C=O) groups is 1. The van der Waals surface area contributed by atoms with E-state index in [1.54, 1.807) is 0 Å². The summed E-state index contributed by atoms with van der Waals surface area (Å²) in [4.78, 5) is 13.8. The van der Waals surface area contributed by atoms with Crippen LogP contribution in [0.25, 0.3) is 0 Å². The summed E-state index contributed by atoms with van der Waals surface area (Å²) in [6, 6.07) is 0.756. The second-order valence-corrected chi connectivity index (χ2v) is 4.30. The Morgan fingerprint density at radius 3 is 2.56 bits per heavy atom. The van der Waals surface area contributed by atoms with Crippen molar-refractivity contribution < 1.29 is 9.53 Å². The second kappa shape index (κ2) is 6.69. The van der Waals surface area contributed by atoms with Gasteiger partial charge in [-0.25, -0.2) is 4.79 Å². The number of rotatable bonds is 7. The number of esters is 1. The number of nitrogens with zero attached hydrogens (tertiary/aromatic N) is 1. The van der Waals surface area contributed by atoms with E-state index in [0.29, 0.717) is 0 Å². The zero-order valence-electron chi connectivity index (χ0n) is 10.7. The fourth-order valence-electron chi connectivity index (χ4n) is 1.88. The van der Waals surface area contributed by atoms with E-state index in [4.69, 9.17) is 4.74 Å². The molecule has 1 fully saturated rings. The van der Waals surface area contributed by atoms with Gasteiger partial charge in [0.05, 0.1) is 7.11 Å². The molecule has 0 aromatic carbocycles. The van der Waals surface area contributed by atoms with Crippen molar-refractivity contribution in [3.8, 4) is 0 Å². The first-order chi connectivity index (χ1) is 7.72. The standard InChI is InChI=1S/C13H23NO2/c1-4-9-14(12-6-7-12)10-8-11(5-2)13(15)16-3/h8,12H,4-7,9-10H2,1-3H3. The van der Waals surface area contributed by atoms with Crippen LogP contribution in [0.5, 0.6) is 0 Å². The predicted octanol–water partition coefficient (Wildman–Crippen LogP) is 2.37. The lowest BCUT2D eigenvalue weighted by Crippen LogP contribution is -2.27. The molecule has 0 atom stereocenters. The first kappa shape index (κ1) is 13.2. The third-order valence-electron chi connectivity index (χ3n) is 2.97. The molecule has 0 bridgehead atoms. The zero-order valence-corrected chi connectivity index (χ0v) is 10.7. The van der Waals surface area contributed by atoms with Crippen LogP contribution in [-0.4, -0.2) is 37.1 Å². The van der Waals surface area contributed by atoms with Crippen LogP contribution in [0.1, 0.15) is 39.5 Å². The largest absolute Gasteiger partial charge is 0.466 e. The molecule has 92 valence electrons. The smallest absolute Gasteiger partial charge is 0.333 e. The van der Waals surface area contributed by atoms with E-state index in [9.17, 15) is 4.79 Å². The molecule has 0 heterocycles. The molecule has 0 unspecified atom stereocenters. The minimum atomic E-state index is -0.185. The van der Waals surface area contributed by atoms with Crippen LogP contribution in [0, 0.1) is 0 Å². The molecule has 0 saturated heterocycles. The summed E-state index contributed by atoms with van der Waals surface area (Å²) in [6.07, 6.45) is 6.57. The third-order valence-corrected chi connectivity index (χ3v) is 2.97. The van der Waals surface area contributed by atoms with Crippen molar-refractivity contribution in [1.29, 1.82) is 0 Å². The van der Waals surface area contributed by atoms with Gasteiger partial charge in [0.25, 0.3) is 0 Å². The average molecular weight is 225 g/mol. The lowest BCUT2D eigenvalue weighted by atomic mass is 10.2. The second-order valence-electron chi connectivity index (χ2n) is 4.30. The molecule has 0 spiro atoms. The predicted molar refractivity (Wildman–Crippen MR) is 65.3 cm³/mol. The van der Waals surface area contributed by atoms with Crippen LogP contribution in [-0.2, 0) is 9.53 Å². The molecule has 1 saturated carbocycles. The minimum absolute atomic E-state index is 0.185. The maximum atomic E-state index is 11.4. The molecule has 0 amide bonds. The number of hydrogen-bond donors (Lipinski definition) is 0. The van der Waals surface area contributed by atoms with Gasteiger partial charge in [0, 0.05) is 18.2 Å². The van der Waals surface area contributed by atoms with E-state index in [1.165, 1.54) is 26.4 Å². The first-order valence-corrected chi connectivity index (χ1v) is 6.24. The molecule has 0 radical (unpaired) electrons. The number of ether oxygens (including phenoxy) is 1. The number of carbonyl (C=O) groups excluding carboxylic acids is 1. The highest BCUT2D eigenvalue weighted by atomic mass is 16.5. The van der Waals surface area contributed by atoms with E-state index < -0.39 is 0 Å². The molecule has 0 aromatic heterocycles. The van der Waals surface area contributed by atoms with Crippen LogP contribution in [0.2, 0.25) is 0 Å². The molecule has 3 heteroatoms. The molecule has 1 aliphatic rings. The number of hydrogen-bond acceptors (Lipinski definition) is 3. The lowest BCUT2D eigenvalue weighted by molar-refractivity contribution is -0.136.